The molecule has 0 saturated heterocycles. The molecule has 3 aromatic rings. The van der Waals surface area contributed by atoms with E-state index in [0.29, 0.717) is 5.69 Å². The number of rotatable bonds is 4. The second-order valence-electron chi connectivity index (χ2n) is 5.02. The molecule has 6 nitrogen and oxygen atoms in total. The molecule has 128 valence electrons. The molecule has 0 unspecified atom stereocenters. The number of hydrogen-bond donors (Lipinski definition) is 0. The van der Waals surface area contributed by atoms with Crippen LogP contribution in [0.4, 0.5) is 4.39 Å². The van der Waals surface area contributed by atoms with Gasteiger partial charge in [-0.2, -0.15) is 4.39 Å². The Labute approximate surface area is 142 Å². The Morgan fingerprint density at radius 3 is 2.16 bits per heavy atom. The first-order valence-electron chi connectivity index (χ1n) is 7.30. The van der Waals surface area contributed by atoms with Gasteiger partial charge in [0.1, 0.15) is 16.8 Å². The molecular weight excluding hydrogens is 329 g/mol. The van der Waals surface area contributed by atoms with Gasteiger partial charge in [-0.05, 0) is 24.3 Å². The highest BCUT2D eigenvalue weighted by Gasteiger charge is 2.35. The number of halogens is 1. The zero-order valence-corrected chi connectivity index (χ0v) is 13.5. The van der Waals surface area contributed by atoms with Crippen molar-refractivity contribution in [3.8, 4) is 17.1 Å². The van der Waals surface area contributed by atoms with Crippen LogP contribution in [0.15, 0.2) is 53.1 Å². The number of aromatic nitrogens is 1. The molecule has 0 saturated carbocycles. The summed E-state index contributed by atoms with van der Waals surface area (Å²) in [5, 5.41) is 0. The molecule has 0 bridgehead atoms. The lowest BCUT2D eigenvalue weighted by atomic mass is 10.1. The third-order valence-electron chi connectivity index (χ3n) is 3.66. The molecule has 0 atom stereocenters. The van der Waals surface area contributed by atoms with Crippen molar-refractivity contribution >= 4 is 11.9 Å². The van der Waals surface area contributed by atoms with Crippen molar-refractivity contribution in [2.45, 2.75) is 0 Å². The molecule has 0 fully saturated rings. The molecule has 1 aromatic carbocycles. The minimum absolute atomic E-state index is 0.0703. The van der Waals surface area contributed by atoms with Crippen molar-refractivity contribution in [3.05, 3.63) is 65.8 Å². The fraction of sp³-hybridized carbons (Fsp3) is 0.111. The summed E-state index contributed by atoms with van der Waals surface area (Å²) in [5.41, 5.74) is -0.289. The van der Waals surface area contributed by atoms with Crippen molar-refractivity contribution in [3.63, 3.8) is 0 Å². The van der Waals surface area contributed by atoms with E-state index in [9.17, 15) is 9.59 Å². The Kier molecular flexibility index (Phi) is 4.38. The van der Waals surface area contributed by atoms with Crippen LogP contribution in [-0.4, -0.2) is 30.7 Å². The second kappa shape index (κ2) is 6.64. The monoisotopic (exact) mass is 343 g/mol. The summed E-state index contributed by atoms with van der Waals surface area (Å²) in [6.07, 6.45) is 1.38. The Hall–Kier alpha value is -3.35. The molecule has 0 aliphatic carbocycles. The first-order valence-corrected chi connectivity index (χ1v) is 7.30. The van der Waals surface area contributed by atoms with Crippen LogP contribution in [-0.2, 0) is 9.47 Å². The molecule has 2 aromatic heterocycles. The van der Waals surface area contributed by atoms with E-state index in [1.807, 2.05) is 0 Å². The molecule has 0 radical (unpaired) electrons. The van der Waals surface area contributed by atoms with Gasteiger partial charge in [-0.3, -0.25) is 4.57 Å². The second-order valence-corrected chi connectivity index (χ2v) is 5.02. The minimum Gasteiger partial charge on any atom is -0.465 e. The summed E-state index contributed by atoms with van der Waals surface area (Å²) in [4.78, 5) is 24.4. The number of carbonyl (C=O) groups excluding carboxylic acids is 2. The largest absolute Gasteiger partial charge is 0.465 e. The number of ether oxygens (including phenoxy) is 2. The number of nitrogens with zero attached hydrogens (tertiary/aromatic N) is 1. The van der Waals surface area contributed by atoms with Crippen LogP contribution in [0.5, 0.6) is 0 Å². The fourth-order valence-corrected chi connectivity index (χ4v) is 2.60. The first kappa shape index (κ1) is 16.5. The van der Waals surface area contributed by atoms with Crippen LogP contribution < -0.4 is 0 Å². The van der Waals surface area contributed by atoms with E-state index in [1.54, 1.807) is 42.5 Å². The van der Waals surface area contributed by atoms with E-state index in [1.165, 1.54) is 6.26 Å². The van der Waals surface area contributed by atoms with Crippen LogP contribution in [0.1, 0.15) is 20.7 Å². The SMILES string of the molecule is COC(=O)c1c(C(=O)OC)c(-c2ccco2)n(-c2ccccc2)c1F. The average molecular weight is 343 g/mol. The maximum absolute atomic E-state index is 15.2. The minimum atomic E-state index is -0.986. The topological polar surface area (TPSA) is 70.7 Å². The highest BCUT2D eigenvalue weighted by molar-refractivity contribution is 6.08. The Bertz CT molecular complexity index is 913. The molecule has 0 aliphatic heterocycles. The lowest BCUT2D eigenvalue weighted by Gasteiger charge is -2.09. The van der Waals surface area contributed by atoms with Crippen LogP contribution in [0.3, 0.4) is 0 Å². The Morgan fingerprint density at radius 2 is 1.60 bits per heavy atom. The normalized spacial score (nSPS) is 10.5. The number of para-hydroxylation sites is 1. The van der Waals surface area contributed by atoms with Crippen molar-refractivity contribution in [2.24, 2.45) is 0 Å². The van der Waals surface area contributed by atoms with Gasteiger partial charge in [0.15, 0.2) is 5.76 Å². The number of methoxy groups -OCH3 is 2. The number of hydrogen-bond acceptors (Lipinski definition) is 5. The van der Waals surface area contributed by atoms with Crippen LogP contribution in [0.25, 0.3) is 17.1 Å². The highest BCUT2D eigenvalue weighted by Crippen LogP contribution is 2.35. The van der Waals surface area contributed by atoms with Gasteiger partial charge >= 0.3 is 11.9 Å². The predicted octanol–water partition coefficient (Wildman–Crippen LogP) is 3.45. The predicted molar refractivity (Wildman–Crippen MR) is 86.1 cm³/mol. The molecule has 3 rings (SSSR count). The molecule has 25 heavy (non-hydrogen) atoms. The molecule has 0 N–H and O–H groups in total. The van der Waals surface area contributed by atoms with Crippen LogP contribution in [0.2, 0.25) is 0 Å². The maximum Gasteiger partial charge on any atom is 0.343 e. The molecular formula is C18H14FNO5. The lowest BCUT2D eigenvalue weighted by Crippen LogP contribution is -2.11. The maximum atomic E-state index is 15.2. The van der Waals surface area contributed by atoms with Crippen molar-refractivity contribution in [1.82, 2.24) is 4.57 Å². The standard InChI is InChI=1S/C18H14FNO5/c1-23-17(21)13-14(18(22)24-2)16(19)20(11-7-4-3-5-8-11)15(13)12-9-6-10-25-12/h3-10H,1-2H3. The summed E-state index contributed by atoms with van der Waals surface area (Å²) < 4.78 is 31.0. The van der Waals surface area contributed by atoms with Crippen LogP contribution in [0, 0.1) is 5.95 Å². The van der Waals surface area contributed by atoms with Crippen molar-refractivity contribution < 1.29 is 27.9 Å². The van der Waals surface area contributed by atoms with Crippen molar-refractivity contribution in [1.29, 1.82) is 0 Å². The van der Waals surface area contributed by atoms with Gasteiger partial charge < -0.3 is 13.9 Å². The van der Waals surface area contributed by atoms with E-state index in [0.717, 1.165) is 18.8 Å². The quantitative estimate of drug-likeness (QED) is 0.679. The van der Waals surface area contributed by atoms with Crippen molar-refractivity contribution in [2.75, 3.05) is 14.2 Å². The number of furan rings is 1. The van der Waals surface area contributed by atoms with E-state index < -0.39 is 23.4 Å². The molecule has 7 heteroatoms. The third kappa shape index (κ3) is 2.69. The zero-order chi connectivity index (χ0) is 18.0. The first-order chi connectivity index (χ1) is 12.1. The van der Waals surface area contributed by atoms with Gasteiger partial charge in [0.2, 0.25) is 5.95 Å². The summed E-state index contributed by atoms with van der Waals surface area (Å²) in [7, 11) is 2.25. The fourth-order valence-electron chi connectivity index (χ4n) is 2.60. The smallest absolute Gasteiger partial charge is 0.343 e. The van der Waals surface area contributed by atoms with Crippen LogP contribution >= 0.6 is 0 Å². The molecule has 0 amide bonds. The van der Waals surface area contributed by atoms with Gasteiger partial charge in [-0.15, -0.1) is 0 Å². The third-order valence-corrected chi connectivity index (χ3v) is 3.66. The molecule has 0 spiro atoms. The zero-order valence-electron chi connectivity index (χ0n) is 13.5. The number of benzene rings is 1. The summed E-state index contributed by atoms with van der Waals surface area (Å²) >= 11 is 0. The van der Waals surface area contributed by atoms with E-state index in [-0.39, 0.29) is 17.0 Å². The lowest BCUT2D eigenvalue weighted by molar-refractivity contribution is 0.0553. The van der Waals surface area contributed by atoms with Gasteiger partial charge in [0.25, 0.3) is 0 Å². The molecule has 2 heterocycles. The van der Waals surface area contributed by atoms with Gasteiger partial charge in [0, 0.05) is 5.69 Å². The van der Waals surface area contributed by atoms with Gasteiger partial charge in [0.05, 0.1) is 20.5 Å². The average Bonchev–Trinajstić information content (AvgIpc) is 3.27. The van der Waals surface area contributed by atoms with E-state index in [2.05, 4.69) is 4.74 Å². The summed E-state index contributed by atoms with van der Waals surface area (Å²) in [5.74, 6) is -2.59. The Balaban J connectivity index is 2.44. The summed E-state index contributed by atoms with van der Waals surface area (Å²) in [6.45, 7) is 0. The summed E-state index contributed by atoms with van der Waals surface area (Å²) in [6, 6.07) is 11.6. The van der Waals surface area contributed by atoms with E-state index in [4.69, 9.17) is 9.15 Å². The van der Waals surface area contributed by atoms with E-state index >= 15 is 4.39 Å². The molecule has 0 aliphatic rings. The van der Waals surface area contributed by atoms with Gasteiger partial charge in [-0.25, -0.2) is 9.59 Å². The Morgan fingerprint density at radius 1 is 0.960 bits per heavy atom. The highest BCUT2D eigenvalue weighted by atomic mass is 19.1. The number of esters is 2. The van der Waals surface area contributed by atoms with Gasteiger partial charge in [-0.1, -0.05) is 18.2 Å². The number of carbonyl (C=O) groups is 2.